The van der Waals surface area contributed by atoms with E-state index in [0.717, 1.165) is 39.5 Å². The second kappa shape index (κ2) is 9.65. The molecule has 0 fully saturated rings. The Labute approximate surface area is 266 Å². The van der Waals surface area contributed by atoms with Gasteiger partial charge in [-0.3, -0.25) is 0 Å². The van der Waals surface area contributed by atoms with Crippen molar-refractivity contribution in [1.29, 1.82) is 0 Å². The smallest absolute Gasteiger partial charge is 0.0830 e. The lowest BCUT2D eigenvalue weighted by Gasteiger charge is -2.33. The molecule has 2 aromatic heterocycles. The van der Waals surface area contributed by atoms with Crippen LogP contribution in [0.1, 0.15) is 0 Å². The molecule has 0 N–H and O–H groups in total. The van der Waals surface area contributed by atoms with Crippen molar-refractivity contribution < 1.29 is 0 Å². The van der Waals surface area contributed by atoms with Crippen LogP contribution in [-0.4, -0.2) is 9.55 Å². The Morgan fingerprint density at radius 3 is 1.65 bits per heavy atom. The lowest BCUT2D eigenvalue weighted by molar-refractivity contribution is 1.18. The van der Waals surface area contributed by atoms with Crippen molar-refractivity contribution in [2.24, 2.45) is 0 Å². The van der Waals surface area contributed by atoms with E-state index < -0.39 is 0 Å². The Morgan fingerprint density at radius 1 is 0.391 bits per heavy atom. The van der Waals surface area contributed by atoms with Crippen LogP contribution >= 0.6 is 0 Å². The fourth-order valence-electron chi connectivity index (χ4n) is 7.45. The maximum absolute atomic E-state index is 5.19. The first-order valence-corrected chi connectivity index (χ1v) is 15.7. The summed E-state index contributed by atoms with van der Waals surface area (Å²) in [5, 5.41) is 6.17. The largest absolute Gasteiger partial charge is 0.309 e. The fourth-order valence-corrected chi connectivity index (χ4v) is 7.45. The predicted molar refractivity (Wildman–Crippen MR) is 193 cm³/mol. The summed E-state index contributed by atoms with van der Waals surface area (Å²) in [4.78, 5) is 7.57. The van der Waals surface area contributed by atoms with E-state index in [1.54, 1.807) is 0 Å². The van der Waals surface area contributed by atoms with Gasteiger partial charge in [0.25, 0.3) is 0 Å². The van der Waals surface area contributed by atoms with Crippen molar-refractivity contribution in [1.82, 2.24) is 9.55 Å². The van der Waals surface area contributed by atoms with Gasteiger partial charge in [-0.05, 0) is 71.1 Å². The van der Waals surface area contributed by atoms with Crippen LogP contribution in [0.5, 0.6) is 0 Å². The number of nitrogens with zero attached hydrogens (tertiary/aromatic N) is 3. The van der Waals surface area contributed by atoms with E-state index in [9.17, 15) is 0 Å². The van der Waals surface area contributed by atoms with Gasteiger partial charge in [0.2, 0.25) is 0 Å². The molecule has 1 aliphatic rings. The topological polar surface area (TPSA) is 21.1 Å². The molecule has 0 aliphatic carbocycles. The molecule has 7 aromatic carbocycles. The second-order valence-corrected chi connectivity index (χ2v) is 12.0. The van der Waals surface area contributed by atoms with Crippen LogP contribution in [0.4, 0.5) is 17.1 Å². The summed E-state index contributed by atoms with van der Waals surface area (Å²) in [5.74, 6) is 0. The number of pyridine rings is 1. The number of aromatic nitrogens is 2. The average molecular weight is 586 g/mol. The van der Waals surface area contributed by atoms with Gasteiger partial charge in [0.15, 0.2) is 0 Å². The number of para-hydroxylation sites is 4. The monoisotopic (exact) mass is 585 g/mol. The molecule has 0 unspecified atom stereocenters. The highest BCUT2D eigenvalue weighted by atomic mass is 15.2. The first-order chi connectivity index (χ1) is 22.8. The van der Waals surface area contributed by atoms with Gasteiger partial charge < -0.3 is 9.47 Å². The molecular formula is C43H27N3. The zero-order chi connectivity index (χ0) is 30.2. The summed E-state index contributed by atoms with van der Waals surface area (Å²) in [6.07, 6.45) is 0. The molecule has 1 aliphatic heterocycles. The predicted octanol–water partition coefficient (Wildman–Crippen LogP) is 11.6. The van der Waals surface area contributed by atoms with Crippen LogP contribution in [0, 0.1) is 0 Å². The van der Waals surface area contributed by atoms with Crippen LogP contribution in [-0.2, 0) is 0 Å². The third kappa shape index (κ3) is 3.57. The maximum atomic E-state index is 5.19. The molecule has 9 aromatic rings. The van der Waals surface area contributed by atoms with Gasteiger partial charge in [0, 0.05) is 38.5 Å². The molecule has 3 heterocycles. The summed E-state index contributed by atoms with van der Waals surface area (Å²) in [5.41, 5.74) is 12.7. The highest BCUT2D eigenvalue weighted by Crippen LogP contribution is 2.51. The molecule has 214 valence electrons. The third-order valence-corrected chi connectivity index (χ3v) is 9.51. The molecule has 0 bridgehead atoms. The average Bonchev–Trinajstić information content (AvgIpc) is 3.46. The lowest BCUT2D eigenvalue weighted by atomic mass is 9.93. The normalized spacial score (nSPS) is 12.3. The van der Waals surface area contributed by atoms with Crippen molar-refractivity contribution in [2.45, 2.75) is 0 Å². The summed E-state index contributed by atoms with van der Waals surface area (Å²) in [7, 11) is 0. The highest BCUT2D eigenvalue weighted by Gasteiger charge is 2.27. The number of fused-ring (bicyclic) bond motifs is 7. The minimum Gasteiger partial charge on any atom is -0.309 e. The van der Waals surface area contributed by atoms with E-state index in [1.807, 2.05) is 0 Å². The summed E-state index contributed by atoms with van der Waals surface area (Å²) < 4.78 is 2.36. The SMILES string of the molecule is c1ccc2c(c1)-c1nc3ccccc3c3cccc(c13)N2c1ccc(-c2ccc(-n3c4ccccc4c4ccccc43)cc2)cc1. The molecule has 0 amide bonds. The summed E-state index contributed by atoms with van der Waals surface area (Å²) >= 11 is 0. The van der Waals surface area contributed by atoms with Crippen molar-refractivity contribution >= 4 is 60.5 Å². The Balaban J connectivity index is 1.06. The van der Waals surface area contributed by atoms with Gasteiger partial charge in [0.05, 0.1) is 33.6 Å². The van der Waals surface area contributed by atoms with E-state index in [2.05, 4.69) is 173 Å². The molecule has 0 spiro atoms. The van der Waals surface area contributed by atoms with Gasteiger partial charge >= 0.3 is 0 Å². The Morgan fingerprint density at radius 2 is 0.935 bits per heavy atom. The second-order valence-electron chi connectivity index (χ2n) is 12.0. The number of benzene rings is 7. The molecule has 0 saturated heterocycles. The first kappa shape index (κ1) is 25.2. The van der Waals surface area contributed by atoms with E-state index in [4.69, 9.17) is 4.98 Å². The van der Waals surface area contributed by atoms with Gasteiger partial charge in [-0.1, -0.05) is 109 Å². The van der Waals surface area contributed by atoms with E-state index in [-0.39, 0.29) is 0 Å². The Bertz CT molecular complexity index is 2580. The van der Waals surface area contributed by atoms with Crippen LogP contribution in [0.25, 0.3) is 71.6 Å². The summed E-state index contributed by atoms with van der Waals surface area (Å²) in [6, 6.07) is 58.9. The van der Waals surface area contributed by atoms with Crippen LogP contribution in [0.15, 0.2) is 164 Å². The first-order valence-electron chi connectivity index (χ1n) is 15.7. The summed E-state index contributed by atoms with van der Waals surface area (Å²) in [6.45, 7) is 0. The van der Waals surface area contributed by atoms with Crippen molar-refractivity contribution in [3.63, 3.8) is 0 Å². The van der Waals surface area contributed by atoms with E-state index in [1.165, 1.54) is 49.1 Å². The van der Waals surface area contributed by atoms with Crippen LogP contribution in [0.2, 0.25) is 0 Å². The van der Waals surface area contributed by atoms with Gasteiger partial charge in [0.1, 0.15) is 0 Å². The number of rotatable bonds is 3. The molecule has 3 nitrogen and oxygen atoms in total. The standard InChI is InChI=1S/C43H27N3/c1-5-15-37-32(10-1)35-14-9-19-41-42(35)43(44-37)36-13-4-8-18-40(36)46(41)31-26-22-29(23-27-31)28-20-24-30(25-21-28)45-38-16-6-2-11-33(38)34-12-3-7-17-39(34)45/h1-27H. The van der Waals surface area contributed by atoms with Crippen molar-refractivity contribution in [3.8, 4) is 28.1 Å². The molecule has 46 heavy (non-hydrogen) atoms. The maximum Gasteiger partial charge on any atom is 0.0830 e. The quantitative estimate of drug-likeness (QED) is 0.192. The Hall–Kier alpha value is -6.19. The zero-order valence-electron chi connectivity index (χ0n) is 24.9. The molecule has 0 radical (unpaired) electrons. The molecule has 0 atom stereocenters. The Kier molecular flexibility index (Phi) is 5.28. The van der Waals surface area contributed by atoms with Crippen molar-refractivity contribution in [3.05, 3.63) is 164 Å². The van der Waals surface area contributed by atoms with Crippen LogP contribution < -0.4 is 4.90 Å². The third-order valence-electron chi connectivity index (χ3n) is 9.51. The number of hydrogen-bond acceptors (Lipinski definition) is 2. The molecule has 3 heteroatoms. The van der Waals surface area contributed by atoms with E-state index in [0.29, 0.717) is 0 Å². The van der Waals surface area contributed by atoms with Crippen molar-refractivity contribution in [2.75, 3.05) is 4.90 Å². The molecular weight excluding hydrogens is 558 g/mol. The van der Waals surface area contributed by atoms with E-state index >= 15 is 0 Å². The lowest BCUT2D eigenvalue weighted by Crippen LogP contribution is -2.15. The van der Waals surface area contributed by atoms with Crippen LogP contribution in [0.3, 0.4) is 0 Å². The highest BCUT2D eigenvalue weighted by molar-refractivity contribution is 6.20. The van der Waals surface area contributed by atoms with Gasteiger partial charge in [-0.25, -0.2) is 4.98 Å². The van der Waals surface area contributed by atoms with Gasteiger partial charge in [-0.15, -0.1) is 0 Å². The zero-order valence-corrected chi connectivity index (χ0v) is 24.9. The minimum absolute atomic E-state index is 1.03. The minimum atomic E-state index is 1.03. The number of anilines is 3. The van der Waals surface area contributed by atoms with Gasteiger partial charge in [-0.2, -0.15) is 0 Å². The molecule has 0 saturated carbocycles. The number of hydrogen-bond donors (Lipinski definition) is 0. The fraction of sp³-hybridized carbons (Fsp3) is 0. The molecule has 10 rings (SSSR count).